The van der Waals surface area contributed by atoms with Gasteiger partial charge in [0.05, 0.1) is 6.10 Å². The summed E-state index contributed by atoms with van der Waals surface area (Å²) in [5.74, 6) is 0. The predicted octanol–water partition coefficient (Wildman–Crippen LogP) is 2.62. The third kappa shape index (κ3) is 3.58. The van der Waals surface area contributed by atoms with E-state index < -0.39 is 12.2 Å². The topological polar surface area (TPSA) is 52.5 Å². The van der Waals surface area contributed by atoms with Crippen LogP contribution in [0.25, 0.3) is 11.1 Å². The SMILES string of the molecule is CNCC(O)C(O)c1ccc(-c2ccc(Cl)cc2)cc1. The fourth-order valence-electron chi connectivity index (χ4n) is 2.06. The highest BCUT2D eigenvalue weighted by Gasteiger charge is 2.17. The van der Waals surface area contributed by atoms with Gasteiger partial charge in [-0.3, -0.25) is 0 Å². The zero-order valence-corrected chi connectivity index (χ0v) is 12.0. The van der Waals surface area contributed by atoms with E-state index in [1.807, 2.05) is 48.5 Å². The first-order valence-electron chi connectivity index (χ1n) is 6.48. The number of aliphatic hydroxyl groups excluding tert-OH is 2. The number of nitrogens with one attached hydrogen (secondary N) is 1. The second-order valence-electron chi connectivity index (χ2n) is 4.70. The molecule has 0 spiro atoms. The van der Waals surface area contributed by atoms with E-state index in [1.165, 1.54) is 0 Å². The fraction of sp³-hybridized carbons (Fsp3) is 0.250. The molecule has 0 heterocycles. The van der Waals surface area contributed by atoms with Crippen molar-refractivity contribution < 1.29 is 10.2 Å². The maximum absolute atomic E-state index is 10.0. The summed E-state index contributed by atoms with van der Waals surface area (Å²) >= 11 is 5.86. The van der Waals surface area contributed by atoms with Crippen molar-refractivity contribution in [2.75, 3.05) is 13.6 Å². The van der Waals surface area contributed by atoms with E-state index in [0.717, 1.165) is 11.1 Å². The van der Waals surface area contributed by atoms with E-state index >= 15 is 0 Å². The fourth-order valence-corrected chi connectivity index (χ4v) is 2.18. The summed E-state index contributed by atoms with van der Waals surface area (Å²) in [5, 5.41) is 23.3. The van der Waals surface area contributed by atoms with Gasteiger partial charge in [0.15, 0.2) is 0 Å². The van der Waals surface area contributed by atoms with Crippen molar-refractivity contribution in [2.45, 2.75) is 12.2 Å². The third-order valence-corrected chi connectivity index (χ3v) is 3.46. The van der Waals surface area contributed by atoms with Gasteiger partial charge in [-0.25, -0.2) is 0 Å². The smallest absolute Gasteiger partial charge is 0.106 e. The van der Waals surface area contributed by atoms with Crippen molar-refractivity contribution in [1.82, 2.24) is 5.32 Å². The van der Waals surface area contributed by atoms with Crippen LogP contribution < -0.4 is 5.32 Å². The standard InChI is InChI=1S/C16H18ClNO2/c1-18-10-15(19)16(20)13-4-2-11(3-5-13)12-6-8-14(17)9-7-12/h2-9,15-16,18-20H,10H2,1H3. The summed E-state index contributed by atoms with van der Waals surface area (Å²) in [5.41, 5.74) is 2.80. The molecule has 106 valence electrons. The highest BCUT2D eigenvalue weighted by Crippen LogP contribution is 2.24. The number of hydrogen-bond acceptors (Lipinski definition) is 3. The summed E-state index contributed by atoms with van der Waals surface area (Å²) in [6, 6.07) is 15.1. The van der Waals surface area contributed by atoms with Crippen LogP contribution in [0.3, 0.4) is 0 Å². The van der Waals surface area contributed by atoms with Crippen LogP contribution in [0.5, 0.6) is 0 Å². The van der Waals surface area contributed by atoms with E-state index in [-0.39, 0.29) is 0 Å². The lowest BCUT2D eigenvalue weighted by atomic mass is 9.99. The van der Waals surface area contributed by atoms with Crippen LogP contribution in [0, 0.1) is 0 Å². The minimum absolute atomic E-state index is 0.347. The lowest BCUT2D eigenvalue weighted by molar-refractivity contribution is 0.0202. The van der Waals surface area contributed by atoms with Crippen LogP contribution in [-0.4, -0.2) is 29.9 Å². The monoisotopic (exact) mass is 291 g/mol. The molecule has 4 heteroatoms. The number of rotatable bonds is 5. The van der Waals surface area contributed by atoms with Crippen molar-refractivity contribution in [3.05, 3.63) is 59.1 Å². The van der Waals surface area contributed by atoms with E-state index in [0.29, 0.717) is 17.1 Å². The molecule has 3 N–H and O–H groups in total. The highest BCUT2D eigenvalue weighted by atomic mass is 35.5. The third-order valence-electron chi connectivity index (χ3n) is 3.21. The average molecular weight is 292 g/mol. The molecule has 0 saturated heterocycles. The molecule has 20 heavy (non-hydrogen) atoms. The van der Waals surface area contributed by atoms with E-state index in [9.17, 15) is 10.2 Å². The van der Waals surface area contributed by atoms with E-state index in [2.05, 4.69) is 5.32 Å². The van der Waals surface area contributed by atoms with Gasteiger partial charge in [0.25, 0.3) is 0 Å². The van der Waals surface area contributed by atoms with Gasteiger partial charge < -0.3 is 15.5 Å². The number of aliphatic hydroxyl groups is 2. The van der Waals surface area contributed by atoms with Crippen molar-refractivity contribution in [1.29, 1.82) is 0 Å². The normalized spacial score (nSPS) is 14.0. The van der Waals surface area contributed by atoms with Crippen LogP contribution in [0.15, 0.2) is 48.5 Å². The average Bonchev–Trinajstić information content (AvgIpc) is 2.48. The first kappa shape index (κ1) is 15.0. The number of benzene rings is 2. The quantitative estimate of drug-likeness (QED) is 0.794. The molecular formula is C16H18ClNO2. The van der Waals surface area contributed by atoms with E-state index in [4.69, 9.17) is 11.6 Å². The second kappa shape index (κ2) is 6.86. The van der Waals surface area contributed by atoms with Gasteiger partial charge in [-0.1, -0.05) is 48.0 Å². The Kier molecular flexibility index (Phi) is 5.15. The number of likely N-dealkylation sites (N-methyl/N-ethyl adjacent to an activating group) is 1. The van der Waals surface area contributed by atoms with Gasteiger partial charge >= 0.3 is 0 Å². The summed E-state index contributed by atoms with van der Waals surface area (Å²) in [6.07, 6.45) is -1.71. The first-order valence-corrected chi connectivity index (χ1v) is 6.86. The molecule has 0 bridgehead atoms. The van der Waals surface area contributed by atoms with Crippen LogP contribution in [-0.2, 0) is 0 Å². The summed E-state index contributed by atoms with van der Waals surface area (Å²) in [4.78, 5) is 0. The Morgan fingerprint density at radius 1 is 0.950 bits per heavy atom. The zero-order valence-electron chi connectivity index (χ0n) is 11.3. The molecule has 0 aliphatic rings. The molecule has 0 aliphatic carbocycles. The van der Waals surface area contributed by atoms with Gasteiger partial charge in [0, 0.05) is 11.6 Å². The van der Waals surface area contributed by atoms with Gasteiger partial charge in [-0.2, -0.15) is 0 Å². The lowest BCUT2D eigenvalue weighted by Gasteiger charge is -2.18. The van der Waals surface area contributed by atoms with Crippen molar-refractivity contribution in [2.24, 2.45) is 0 Å². The molecular weight excluding hydrogens is 274 g/mol. The summed E-state index contributed by atoms with van der Waals surface area (Å²) in [6.45, 7) is 0.347. The van der Waals surface area contributed by atoms with Crippen LogP contribution in [0.2, 0.25) is 5.02 Å². The van der Waals surface area contributed by atoms with Crippen LogP contribution in [0.1, 0.15) is 11.7 Å². The van der Waals surface area contributed by atoms with E-state index in [1.54, 1.807) is 7.05 Å². The molecule has 0 aromatic heterocycles. The summed E-state index contributed by atoms with van der Waals surface area (Å²) < 4.78 is 0. The molecule has 0 saturated carbocycles. The van der Waals surface area contributed by atoms with Gasteiger partial charge in [0.2, 0.25) is 0 Å². The van der Waals surface area contributed by atoms with Crippen molar-refractivity contribution in [3.63, 3.8) is 0 Å². The highest BCUT2D eigenvalue weighted by molar-refractivity contribution is 6.30. The zero-order chi connectivity index (χ0) is 14.5. The largest absolute Gasteiger partial charge is 0.389 e. The lowest BCUT2D eigenvalue weighted by Crippen LogP contribution is -2.29. The second-order valence-corrected chi connectivity index (χ2v) is 5.14. The van der Waals surface area contributed by atoms with Crippen LogP contribution >= 0.6 is 11.6 Å². The number of halogens is 1. The molecule has 0 radical (unpaired) electrons. The Balaban J connectivity index is 2.15. The molecule has 2 rings (SSSR count). The molecule has 2 aromatic carbocycles. The summed E-state index contributed by atoms with van der Waals surface area (Å²) in [7, 11) is 1.74. The molecule has 3 nitrogen and oxygen atoms in total. The Bertz CT molecular complexity index is 539. The van der Waals surface area contributed by atoms with Gasteiger partial charge in [0.1, 0.15) is 6.10 Å². The maximum Gasteiger partial charge on any atom is 0.106 e. The Morgan fingerprint density at radius 3 is 1.95 bits per heavy atom. The molecule has 0 fully saturated rings. The Hall–Kier alpha value is -1.39. The molecule has 2 aromatic rings. The number of hydrogen-bond donors (Lipinski definition) is 3. The Morgan fingerprint density at radius 2 is 1.45 bits per heavy atom. The maximum atomic E-state index is 10.0. The molecule has 0 amide bonds. The molecule has 2 atom stereocenters. The van der Waals surface area contributed by atoms with Crippen molar-refractivity contribution in [3.8, 4) is 11.1 Å². The molecule has 0 aliphatic heterocycles. The minimum atomic E-state index is -0.887. The van der Waals surface area contributed by atoms with Gasteiger partial charge in [-0.15, -0.1) is 0 Å². The predicted molar refractivity (Wildman–Crippen MR) is 81.8 cm³/mol. The molecule has 2 unspecified atom stereocenters. The first-order chi connectivity index (χ1) is 9.61. The Labute approximate surface area is 123 Å². The van der Waals surface area contributed by atoms with Crippen molar-refractivity contribution >= 4 is 11.6 Å². The minimum Gasteiger partial charge on any atom is -0.389 e. The van der Waals surface area contributed by atoms with Gasteiger partial charge in [-0.05, 0) is 35.9 Å². The van der Waals surface area contributed by atoms with Crippen LogP contribution in [0.4, 0.5) is 0 Å².